The van der Waals surface area contributed by atoms with E-state index in [-0.39, 0.29) is 23.1 Å². The number of aryl methyl sites for hydroxylation is 2. The van der Waals surface area contributed by atoms with Crippen LogP contribution in [0.1, 0.15) is 16.7 Å². The molecular weight excluding hydrogens is 504 g/mol. The van der Waals surface area contributed by atoms with Gasteiger partial charge >= 0.3 is 0 Å². The Morgan fingerprint density at radius 2 is 1.91 bits per heavy atom. The minimum Gasteiger partial charge on any atom is -0.400 e. The number of rotatable bonds is 7. The number of nitrogens with two attached hydrogens (primary N) is 1. The van der Waals surface area contributed by atoms with Crippen LogP contribution in [0, 0.1) is 20.8 Å². The van der Waals surface area contributed by atoms with Crippen LogP contribution in [-0.4, -0.2) is 42.4 Å². The van der Waals surface area contributed by atoms with Crippen molar-refractivity contribution in [2.75, 3.05) is 30.9 Å². The highest BCUT2D eigenvalue weighted by atomic mass is 79.9. The Kier molecular flexibility index (Phi) is 8.34. The third-order valence-corrected chi connectivity index (χ3v) is 7.46. The summed E-state index contributed by atoms with van der Waals surface area (Å²) < 4.78 is 6.03. The fourth-order valence-electron chi connectivity index (χ4n) is 3.27. The predicted molar refractivity (Wildman–Crippen MR) is 139 cm³/mol. The highest BCUT2D eigenvalue weighted by molar-refractivity contribution is 9.10. The van der Waals surface area contributed by atoms with Gasteiger partial charge < -0.3 is 21.1 Å². The molecule has 3 rings (SSSR count). The van der Waals surface area contributed by atoms with E-state index in [0.29, 0.717) is 29.6 Å². The molecule has 33 heavy (non-hydrogen) atoms. The van der Waals surface area contributed by atoms with Gasteiger partial charge in [-0.2, -0.15) is 0 Å². The first-order valence-corrected chi connectivity index (χ1v) is 12.0. The van der Waals surface area contributed by atoms with Crippen molar-refractivity contribution >= 4 is 55.9 Å². The summed E-state index contributed by atoms with van der Waals surface area (Å²) in [6.07, 6.45) is 0. The minimum atomic E-state index is -0.769. The Hall–Kier alpha value is -2.62. The summed E-state index contributed by atoms with van der Waals surface area (Å²) in [6, 6.07) is 11.2. The average Bonchev–Trinajstić information content (AvgIpc) is 3.10. The smallest absolute Gasteiger partial charge is 0.260 e. The first-order chi connectivity index (χ1) is 15.7. The number of carbonyl (C=O) groups is 2. The molecule has 2 amide bonds. The van der Waals surface area contributed by atoms with Crippen LogP contribution in [0.3, 0.4) is 0 Å². The fourth-order valence-corrected chi connectivity index (χ4v) is 4.64. The second-order valence-electron chi connectivity index (χ2n) is 7.66. The molecule has 1 aliphatic rings. The Labute approximate surface area is 206 Å². The molecule has 1 heterocycles. The van der Waals surface area contributed by atoms with Gasteiger partial charge in [0.2, 0.25) is 5.91 Å². The number of benzene rings is 2. The molecule has 0 unspecified atom stereocenters. The standard InChI is InChI=1S/C24H27BrN4O3S/c1-13-6-5-7-18(15(13)3)29-22(30)19-20(26)21(33-24(19)27-10-11-32-4)23(31)28-16-8-9-17(25)14(2)12-16/h5-9,12,21H,10-11,26H2,1-4H3,(H,28,31)(H,29,30)/t21-/m1/s1. The molecule has 9 heteroatoms. The Morgan fingerprint density at radius 1 is 1.15 bits per heavy atom. The van der Waals surface area contributed by atoms with E-state index in [2.05, 4.69) is 31.6 Å². The topological polar surface area (TPSA) is 106 Å². The van der Waals surface area contributed by atoms with E-state index in [1.807, 2.05) is 51.1 Å². The van der Waals surface area contributed by atoms with Gasteiger partial charge in [0.25, 0.3) is 5.91 Å². The summed E-state index contributed by atoms with van der Waals surface area (Å²) >= 11 is 4.63. The predicted octanol–water partition coefficient (Wildman–Crippen LogP) is 4.32. The van der Waals surface area contributed by atoms with Gasteiger partial charge in [0.1, 0.15) is 10.3 Å². The number of thioether (sulfide) groups is 1. The van der Waals surface area contributed by atoms with Crippen LogP contribution in [0.2, 0.25) is 0 Å². The van der Waals surface area contributed by atoms with Crippen LogP contribution in [-0.2, 0) is 14.3 Å². The molecule has 4 N–H and O–H groups in total. The molecule has 0 saturated carbocycles. The molecule has 0 spiro atoms. The van der Waals surface area contributed by atoms with E-state index in [4.69, 9.17) is 10.5 Å². The number of hydrogen-bond acceptors (Lipinski definition) is 6. The maximum absolute atomic E-state index is 13.2. The van der Waals surface area contributed by atoms with Crippen LogP contribution < -0.4 is 16.4 Å². The van der Waals surface area contributed by atoms with E-state index >= 15 is 0 Å². The minimum absolute atomic E-state index is 0.185. The molecule has 0 aromatic heterocycles. The number of anilines is 2. The summed E-state index contributed by atoms with van der Waals surface area (Å²) in [7, 11) is 1.58. The average molecular weight is 531 g/mol. The van der Waals surface area contributed by atoms with Crippen molar-refractivity contribution in [3.05, 3.63) is 68.8 Å². The number of methoxy groups -OCH3 is 1. The highest BCUT2D eigenvalue weighted by Gasteiger charge is 2.38. The number of halogens is 1. The Morgan fingerprint density at radius 3 is 2.61 bits per heavy atom. The van der Waals surface area contributed by atoms with E-state index in [9.17, 15) is 9.59 Å². The summed E-state index contributed by atoms with van der Waals surface area (Å²) in [5, 5.41) is 5.48. The molecule has 0 radical (unpaired) electrons. The number of ether oxygens (including phenoxy) is 1. The molecular formula is C24H27BrN4O3S. The summed E-state index contributed by atoms with van der Waals surface area (Å²) in [4.78, 5) is 30.8. The molecule has 0 saturated heterocycles. The lowest BCUT2D eigenvalue weighted by Gasteiger charge is -2.13. The number of amides is 2. The second-order valence-corrected chi connectivity index (χ2v) is 9.61. The Balaban J connectivity index is 1.88. The third-order valence-electron chi connectivity index (χ3n) is 5.31. The van der Waals surface area contributed by atoms with Crippen LogP contribution >= 0.6 is 27.7 Å². The first-order valence-electron chi connectivity index (χ1n) is 10.4. The van der Waals surface area contributed by atoms with Gasteiger partial charge in [-0.1, -0.05) is 39.8 Å². The molecule has 0 aliphatic carbocycles. The lowest BCUT2D eigenvalue weighted by molar-refractivity contribution is -0.115. The van der Waals surface area contributed by atoms with Crippen molar-refractivity contribution in [1.82, 2.24) is 0 Å². The molecule has 0 fully saturated rings. The van der Waals surface area contributed by atoms with Crippen molar-refractivity contribution in [3.8, 4) is 0 Å². The van der Waals surface area contributed by atoms with Crippen LogP contribution in [0.5, 0.6) is 0 Å². The zero-order valence-electron chi connectivity index (χ0n) is 19.0. The summed E-state index contributed by atoms with van der Waals surface area (Å²) in [5.74, 6) is -0.701. The maximum Gasteiger partial charge on any atom is 0.260 e. The van der Waals surface area contributed by atoms with Crippen LogP contribution in [0.4, 0.5) is 11.4 Å². The normalized spacial score (nSPS) is 16.9. The van der Waals surface area contributed by atoms with Gasteiger partial charge in [0.15, 0.2) is 0 Å². The van der Waals surface area contributed by atoms with Crippen molar-refractivity contribution in [1.29, 1.82) is 0 Å². The van der Waals surface area contributed by atoms with Gasteiger partial charge in [0, 0.05) is 28.7 Å². The SMILES string of the molecule is COCCN=C1S[C@@H](C(=O)Nc2ccc(Br)c(C)c2)C(N)=C1C(=O)Nc1cccc(C)c1C. The zero-order valence-corrected chi connectivity index (χ0v) is 21.4. The quantitative estimate of drug-likeness (QED) is 0.462. The van der Waals surface area contributed by atoms with Gasteiger partial charge in [-0.25, -0.2) is 0 Å². The van der Waals surface area contributed by atoms with Gasteiger partial charge in [-0.3, -0.25) is 14.6 Å². The molecule has 0 bridgehead atoms. The lowest BCUT2D eigenvalue weighted by Crippen LogP contribution is -2.29. The number of carbonyl (C=O) groups excluding carboxylic acids is 2. The van der Waals surface area contributed by atoms with E-state index in [1.54, 1.807) is 13.2 Å². The largest absolute Gasteiger partial charge is 0.400 e. The first kappa shape index (κ1) is 25.0. The summed E-state index contributed by atoms with van der Waals surface area (Å²) in [5.41, 5.74) is 11.1. The van der Waals surface area contributed by atoms with Gasteiger partial charge in [-0.05, 0) is 61.7 Å². The van der Waals surface area contributed by atoms with Crippen molar-refractivity contribution in [2.45, 2.75) is 26.0 Å². The van der Waals surface area contributed by atoms with Crippen molar-refractivity contribution in [3.63, 3.8) is 0 Å². The monoisotopic (exact) mass is 530 g/mol. The number of nitrogens with one attached hydrogen (secondary N) is 2. The van der Waals surface area contributed by atoms with Crippen molar-refractivity contribution < 1.29 is 14.3 Å². The third kappa shape index (κ3) is 5.85. The second kappa shape index (κ2) is 11.0. The fraction of sp³-hybridized carbons (Fsp3) is 0.292. The molecule has 2 aromatic rings. The van der Waals surface area contributed by atoms with E-state index < -0.39 is 5.25 Å². The number of aliphatic imine (C=N–C) groups is 1. The zero-order chi connectivity index (χ0) is 24.1. The van der Waals surface area contributed by atoms with Crippen LogP contribution in [0.15, 0.2) is 57.1 Å². The Bertz CT molecular complexity index is 1150. The van der Waals surface area contributed by atoms with E-state index in [1.165, 1.54) is 11.8 Å². The van der Waals surface area contributed by atoms with Crippen molar-refractivity contribution in [2.24, 2.45) is 10.7 Å². The molecule has 2 aromatic carbocycles. The number of hydrogen-bond donors (Lipinski definition) is 3. The molecule has 1 aliphatic heterocycles. The summed E-state index contributed by atoms with van der Waals surface area (Å²) in [6.45, 7) is 6.61. The lowest BCUT2D eigenvalue weighted by atomic mass is 10.1. The molecule has 7 nitrogen and oxygen atoms in total. The number of nitrogens with zero attached hydrogens (tertiary/aromatic N) is 1. The van der Waals surface area contributed by atoms with E-state index in [0.717, 1.165) is 21.2 Å². The molecule has 174 valence electrons. The maximum atomic E-state index is 13.2. The van der Waals surface area contributed by atoms with Gasteiger partial charge in [0.05, 0.1) is 18.7 Å². The van der Waals surface area contributed by atoms with Crippen LogP contribution in [0.25, 0.3) is 0 Å². The molecule has 1 atom stereocenters. The van der Waals surface area contributed by atoms with Gasteiger partial charge in [-0.15, -0.1) is 0 Å². The highest BCUT2D eigenvalue weighted by Crippen LogP contribution is 2.35.